The monoisotopic (exact) mass is 313 g/mol. The largest absolute Gasteiger partial charge is 0.492 e. The molecule has 3 amide bonds. The minimum Gasteiger partial charge on any atom is -0.492 e. The Labute approximate surface area is 132 Å². The predicted molar refractivity (Wildman–Crippen MR) is 79.0 cm³/mol. The molecule has 2 atom stereocenters. The van der Waals surface area contributed by atoms with Gasteiger partial charge in [-0.2, -0.15) is 5.26 Å². The van der Waals surface area contributed by atoms with E-state index in [9.17, 15) is 20.0 Å². The number of hydrogen-bond donors (Lipinski definition) is 1. The van der Waals surface area contributed by atoms with Crippen LogP contribution in [0, 0.1) is 11.3 Å². The number of benzene rings is 1. The van der Waals surface area contributed by atoms with Crippen molar-refractivity contribution >= 4 is 17.6 Å². The number of ether oxygens (including phenoxy) is 1. The minimum atomic E-state index is -0.818. The third-order valence-electron chi connectivity index (χ3n) is 4.69. The Morgan fingerprint density at radius 3 is 2.91 bits per heavy atom. The van der Waals surface area contributed by atoms with Crippen LogP contribution in [0.1, 0.15) is 24.0 Å². The number of amides is 3. The molecular formula is C16H15N3O4. The van der Waals surface area contributed by atoms with Crippen LogP contribution in [0.5, 0.6) is 5.75 Å². The summed E-state index contributed by atoms with van der Waals surface area (Å²) in [5, 5.41) is 19.2. The highest BCUT2D eigenvalue weighted by molar-refractivity contribution is 6.22. The number of urea groups is 1. The average Bonchev–Trinajstić information content (AvgIpc) is 3.07. The van der Waals surface area contributed by atoms with Gasteiger partial charge in [0, 0.05) is 12.1 Å². The summed E-state index contributed by atoms with van der Waals surface area (Å²) in [5.74, 6) is 0.0574. The van der Waals surface area contributed by atoms with Gasteiger partial charge >= 0.3 is 6.03 Å². The van der Waals surface area contributed by atoms with Crippen LogP contribution in [-0.4, -0.2) is 47.2 Å². The highest BCUT2D eigenvalue weighted by Crippen LogP contribution is 2.40. The van der Waals surface area contributed by atoms with Crippen molar-refractivity contribution in [3.8, 4) is 11.8 Å². The summed E-state index contributed by atoms with van der Waals surface area (Å²) >= 11 is 0. The summed E-state index contributed by atoms with van der Waals surface area (Å²) in [6.07, 6.45) is 1.01. The molecule has 1 aromatic carbocycles. The lowest BCUT2D eigenvalue weighted by Crippen LogP contribution is -2.37. The van der Waals surface area contributed by atoms with E-state index in [1.807, 2.05) is 0 Å². The fraction of sp³-hybridized carbons (Fsp3) is 0.438. The molecule has 2 fully saturated rings. The molecule has 1 aromatic rings. The molecule has 0 saturated carbocycles. The first-order chi connectivity index (χ1) is 11.1. The Hall–Kier alpha value is -2.59. The lowest BCUT2D eigenvalue weighted by Gasteiger charge is -2.25. The first-order valence-electron chi connectivity index (χ1n) is 7.65. The van der Waals surface area contributed by atoms with E-state index in [0.717, 1.165) is 11.3 Å². The molecular weight excluding hydrogens is 298 g/mol. The molecule has 118 valence electrons. The van der Waals surface area contributed by atoms with Gasteiger partial charge in [0.25, 0.3) is 5.91 Å². The van der Waals surface area contributed by atoms with E-state index in [1.165, 1.54) is 4.90 Å². The van der Waals surface area contributed by atoms with Crippen molar-refractivity contribution in [1.82, 2.24) is 4.90 Å². The maximum atomic E-state index is 12.6. The zero-order chi connectivity index (χ0) is 16.1. The van der Waals surface area contributed by atoms with E-state index in [1.54, 1.807) is 12.1 Å². The summed E-state index contributed by atoms with van der Waals surface area (Å²) < 4.78 is 5.60. The number of carbonyl (C=O) groups excluding carboxylic acids is 2. The van der Waals surface area contributed by atoms with Crippen molar-refractivity contribution in [2.24, 2.45) is 0 Å². The topological polar surface area (TPSA) is 93.9 Å². The van der Waals surface area contributed by atoms with Gasteiger partial charge in [-0.1, -0.05) is 0 Å². The fourth-order valence-electron chi connectivity index (χ4n) is 3.61. The zero-order valence-corrected chi connectivity index (χ0v) is 12.4. The van der Waals surface area contributed by atoms with Crippen molar-refractivity contribution in [1.29, 1.82) is 5.26 Å². The molecule has 0 spiro atoms. The maximum absolute atomic E-state index is 12.6. The van der Waals surface area contributed by atoms with Crippen LogP contribution < -0.4 is 9.64 Å². The van der Waals surface area contributed by atoms with Crippen LogP contribution in [0.15, 0.2) is 12.1 Å². The molecule has 7 heteroatoms. The lowest BCUT2D eigenvalue weighted by atomic mass is 9.99. The van der Waals surface area contributed by atoms with Crippen LogP contribution in [0.25, 0.3) is 0 Å². The van der Waals surface area contributed by atoms with E-state index >= 15 is 0 Å². The third kappa shape index (κ3) is 1.85. The number of aliphatic hydroxyl groups is 1. The number of nitriles is 1. The summed E-state index contributed by atoms with van der Waals surface area (Å²) in [7, 11) is 0. The van der Waals surface area contributed by atoms with Crippen LogP contribution in [0.3, 0.4) is 0 Å². The number of carbonyl (C=O) groups is 2. The first-order valence-corrected chi connectivity index (χ1v) is 7.65. The van der Waals surface area contributed by atoms with Gasteiger partial charge in [-0.25, -0.2) is 9.69 Å². The third-order valence-corrected chi connectivity index (χ3v) is 4.69. The maximum Gasteiger partial charge on any atom is 0.332 e. The van der Waals surface area contributed by atoms with Crippen molar-refractivity contribution in [2.45, 2.75) is 31.4 Å². The standard InChI is InChI=1S/C16H15N3O4/c17-8-9-3-4-11(10-2-1-7-23-14(9)10)19-15(21)13-12(20)5-6-18(13)16(19)22/h3-4,12-13,20H,1-2,5-7H2/t12-,13+/m1/s1. The second-order valence-corrected chi connectivity index (χ2v) is 5.95. The smallest absolute Gasteiger partial charge is 0.332 e. The minimum absolute atomic E-state index is 0.377. The number of nitrogens with zero attached hydrogens (tertiary/aromatic N) is 3. The highest BCUT2D eigenvalue weighted by Gasteiger charge is 2.53. The first kappa shape index (κ1) is 14.0. The molecule has 0 radical (unpaired) electrons. The number of hydrogen-bond acceptors (Lipinski definition) is 5. The Morgan fingerprint density at radius 2 is 2.17 bits per heavy atom. The molecule has 0 bridgehead atoms. The second kappa shape index (κ2) is 4.96. The summed E-state index contributed by atoms with van der Waals surface area (Å²) in [6.45, 7) is 0.891. The highest BCUT2D eigenvalue weighted by atomic mass is 16.5. The van der Waals surface area contributed by atoms with Crippen molar-refractivity contribution < 1.29 is 19.4 Å². The van der Waals surface area contributed by atoms with Crippen LogP contribution in [0.2, 0.25) is 0 Å². The molecule has 3 aliphatic heterocycles. The van der Waals surface area contributed by atoms with Gasteiger partial charge < -0.3 is 14.7 Å². The van der Waals surface area contributed by atoms with E-state index in [4.69, 9.17) is 4.74 Å². The van der Waals surface area contributed by atoms with Gasteiger partial charge in [0.15, 0.2) is 0 Å². The molecule has 1 N–H and O–H groups in total. The molecule has 3 heterocycles. The second-order valence-electron chi connectivity index (χ2n) is 5.95. The van der Waals surface area contributed by atoms with E-state index in [-0.39, 0.29) is 0 Å². The van der Waals surface area contributed by atoms with Gasteiger partial charge in [-0.3, -0.25) is 4.79 Å². The van der Waals surface area contributed by atoms with Crippen LogP contribution in [0.4, 0.5) is 10.5 Å². The molecule has 4 rings (SSSR count). The number of imide groups is 1. The normalized spacial score (nSPS) is 25.9. The summed E-state index contributed by atoms with van der Waals surface area (Å²) in [4.78, 5) is 27.8. The number of fused-ring (bicyclic) bond motifs is 2. The molecule has 23 heavy (non-hydrogen) atoms. The molecule has 0 aromatic heterocycles. The molecule has 7 nitrogen and oxygen atoms in total. The van der Waals surface area contributed by atoms with Crippen LogP contribution >= 0.6 is 0 Å². The van der Waals surface area contributed by atoms with Gasteiger partial charge in [0.05, 0.1) is 24.0 Å². The van der Waals surface area contributed by atoms with E-state index in [0.29, 0.717) is 48.6 Å². The SMILES string of the molecule is N#Cc1ccc(N2C(=O)[C@@H]3[C@H](O)CCN3C2=O)c2c1OCCC2. The lowest BCUT2D eigenvalue weighted by molar-refractivity contribution is -0.121. The molecule has 0 aliphatic carbocycles. The van der Waals surface area contributed by atoms with Gasteiger partial charge in [-0.05, 0) is 31.4 Å². The average molecular weight is 313 g/mol. The van der Waals surface area contributed by atoms with Crippen LogP contribution in [-0.2, 0) is 11.2 Å². The molecule has 3 aliphatic rings. The number of rotatable bonds is 1. The summed E-state index contributed by atoms with van der Waals surface area (Å²) in [6, 6.07) is 4.07. The quantitative estimate of drug-likeness (QED) is 0.773. The Kier molecular flexibility index (Phi) is 3.03. The Balaban J connectivity index is 1.81. The van der Waals surface area contributed by atoms with E-state index < -0.39 is 24.1 Å². The van der Waals surface area contributed by atoms with Crippen molar-refractivity contribution in [3.63, 3.8) is 0 Å². The fourth-order valence-corrected chi connectivity index (χ4v) is 3.61. The zero-order valence-electron chi connectivity index (χ0n) is 12.4. The van der Waals surface area contributed by atoms with Crippen molar-refractivity contribution in [3.05, 3.63) is 23.3 Å². The van der Waals surface area contributed by atoms with E-state index in [2.05, 4.69) is 6.07 Å². The Morgan fingerprint density at radius 1 is 1.35 bits per heavy atom. The molecule has 0 unspecified atom stereocenters. The van der Waals surface area contributed by atoms with Gasteiger partial charge in [0.1, 0.15) is 17.9 Å². The van der Waals surface area contributed by atoms with Gasteiger partial charge in [-0.15, -0.1) is 0 Å². The number of anilines is 1. The number of aliphatic hydroxyl groups excluding tert-OH is 1. The van der Waals surface area contributed by atoms with Crippen molar-refractivity contribution in [2.75, 3.05) is 18.1 Å². The Bertz CT molecular complexity index is 754. The predicted octanol–water partition coefficient (Wildman–Crippen LogP) is 0.785. The van der Waals surface area contributed by atoms with Gasteiger partial charge in [0.2, 0.25) is 0 Å². The molecule has 2 saturated heterocycles. The summed E-state index contributed by atoms with van der Waals surface area (Å²) in [5.41, 5.74) is 1.59.